The number of methoxy groups -OCH3 is 1. The zero-order chi connectivity index (χ0) is 15.5. The molecule has 1 aromatic rings. The van der Waals surface area contributed by atoms with Crippen LogP contribution in [0.2, 0.25) is 0 Å². The molecular formula is C17H27IN4O. The van der Waals surface area contributed by atoms with Crippen LogP contribution in [0.4, 0.5) is 5.69 Å². The van der Waals surface area contributed by atoms with Gasteiger partial charge in [-0.05, 0) is 30.9 Å². The summed E-state index contributed by atoms with van der Waals surface area (Å²) in [7, 11) is 3.57. The van der Waals surface area contributed by atoms with Gasteiger partial charge in [-0.15, -0.1) is 24.0 Å². The van der Waals surface area contributed by atoms with Crippen LogP contribution in [0, 0.1) is 5.92 Å². The highest BCUT2D eigenvalue weighted by Gasteiger charge is 2.34. The van der Waals surface area contributed by atoms with Crippen molar-refractivity contribution >= 4 is 35.6 Å². The smallest absolute Gasteiger partial charge is 0.191 e. The molecule has 5 nitrogen and oxygen atoms in total. The molecule has 1 saturated heterocycles. The van der Waals surface area contributed by atoms with E-state index in [2.05, 4.69) is 39.6 Å². The molecule has 1 saturated carbocycles. The van der Waals surface area contributed by atoms with Crippen molar-refractivity contribution in [2.75, 3.05) is 32.1 Å². The normalized spacial score (nSPS) is 26.5. The summed E-state index contributed by atoms with van der Waals surface area (Å²) in [6.45, 7) is 4.28. The number of nitrogens with one attached hydrogen (secondary N) is 2. The molecule has 0 spiro atoms. The highest BCUT2D eigenvalue weighted by atomic mass is 127. The van der Waals surface area contributed by atoms with Crippen LogP contribution >= 0.6 is 24.0 Å². The monoisotopic (exact) mass is 430 g/mol. The van der Waals surface area contributed by atoms with E-state index < -0.39 is 0 Å². The number of para-hydroxylation sites is 2. The molecule has 1 heterocycles. The van der Waals surface area contributed by atoms with Gasteiger partial charge in [-0.2, -0.15) is 0 Å². The molecular weight excluding hydrogens is 403 g/mol. The zero-order valence-corrected chi connectivity index (χ0v) is 16.4. The van der Waals surface area contributed by atoms with Gasteiger partial charge in [0.1, 0.15) is 5.75 Å². The number of nitrogens with zero attached hydrogens (tertiary/aromatic N) is 2. The number of hydrogen-bond acceptors (Lipinski definition) is 3. The lowest BCUT2D eigenvalue weighted by Gasteiger charge is -2.22. The first-order valence-electron chi connectivity index (χ1n) is 8.09. The third kappa shape index (κ3) is 4.43. The van der Waals surface area contributed by atoms with Crippen LogP contribution in [-0.2, 0) is 0 Å². The molecule has 2 aliphatic rings. The Morgan fingerprint density at radius 3 is 2.70 bits per heavy atom. The van der Waals surface area contributed by atoms with E-state index in [-0.39, 0.29) is 24.0 Å². The van der Waals surface area contributed by atoms with E-state index in [0.717, 1.165) is 37.1 Å². The van der Waals surface area contributed by atoms with E-state index in [1.54, 1.807) is 7.11 Å². The van der Waals surface area contributed by atoms with Crippen molar-refractivity contribution < 1.29 is 4.74 Å². The van der Waals surface area contributed by atoms with Crippen molar-refractivity contribution in [2.45, 2.75) is 31.8 Å². The molecule has 128 valence electrons. The number of guanidine groups is 1. The number of hydrogen-bond donors (Lipinski definition) is 2. The fourth-order valence-corrected chi connectivity index (χ4v) is 3.05. The lowest BCUT2D eigenvalue weighted by molar-refractivity contribution is 0.415. The third-order valence-corrected chi connectivity index (χ3v) is 4.61. The van der Waals surface area contributed by atoms with E-state index >= 15 is 0 Å². The van der Waals surface area contributed by atoms with Gasteiger partial charge in [0, 0.05) is 32.2 Å². The van der Waals surface area contributed by atoms with Crippen LogP contribution < -0.4 is 20.3 Å². The molecule has 0 radical (unpaired) electrons. The number of halogens is 1. The Hall–Kier alpha value is -1.18. The molecule has 3 unspecified atom stereocenters. The van der Waals surface area contributed by atoms with E-state index in [1.807, 2.05) is 19.2 Å². The molecule has 1 aromatic carbocycles. The molecule has 3 atom stereocenters. The van der Waals surface area contributed by atoms with Crippen molar-refractivity contribution in [3.8, 4) is 5.75 Å². The maximum absolute atomic E-state index is 5.47. The van der Waals surface area contributed by atoms with Gasteiger partial charge < -0.3 is 20.3 Å². The summed E-state index contributed by atoms with van der Waals surface area (Å²) in [5.41, 5.74) is 1.17. The summed E-state index contributed by atoms with van der Waals surface area (Å²) in [6.07, 6.45) is 2.36. The molecule has 0 aromatic heterocycles. The molecule has 3 rings (SSSR count). The summed E-state index contributed by atoms with van der Waals surface area (Å²) in [6, 6.07) is 9.23. The molecule has 23 heavy (non-hydrogen) atoms. The van der Waals surface area contributed by atoms with E-state index in [4.69, 9.17) is 4.74 Å². The first-order chi connectivity index (χ1) is 10.7. The summed E-state index contributed by atoms with van der Waals surface area (Å²) in [5.74, 6) is 2.64. The topological polar surface area (TPSA) is 48.9 Å². The Morgan fingerprint density at radius 1 is 1.30 bits per heavy atom. The SMILES string of the molecule is CN=C(NC1CCN(c2ccccc2OC)C1)NC1CC1C.I. The highest BCUT2D eigenvalue weighted by molar-refractivity contribution is 14.0. The van der Waals surface area contributed by atoms with Gasteiger partial charge in [-0.25, -0.2) is 0 Å². The van der Waals surface area contributed by atoms with Gasteiger partial charge in [-0.1, -0.05) is 19.1 Å². The van der Waals surface area contributed by atoms with Crippen molar-refractivity contribution in [2.24, 2.45) is 10.9 Å². The Morgan fingerprint density at radius 2 is 2.04 bits per heavy atom. The number of ether oxygens (including phenoxy) is 1. The molecule has 0 amide bonds. The van der Waals surface area contributed by atoms with E-state index in [9.17, 15) is 0 Å². The first kappa shape index (κ1) is 18.2. The summed E-state index contributed by atoms with van der Waals surface area (Å²) < 4.78 is 5.47. The Kier molecular flexibility index (Phi) is 6.38. The number of rotatable bonds is 4. The average molecular weight is 430 g/mol. The van der Waals surface area contributed by atoms with Crippen molar-refractivity contribution in [1.82, 2.24) is 10.6 Å². The minimum Gasteiger partial charge on any atom is -0.495 e. The van der Waals surface area contributed by atoms with E-state index in [0.29, 0.717) is 12.1 Å². The Balaban J connectivity index is 0.00000192. The van der Waals surface area contributed by atoms with Gasteiger partial charge in [0.05, 0.1) is 12.8 Å². The van der Waals surface area contributed by atoms with Crippen LogP contribution in [0.3, 0.4) is 0 Å². The Labute approximate surface area is 155 Å². The fourth-order valence-electron chi connectivity index (χ4n) is 3.05. The maximum atomic E-state index is 5.47. The van der Waals surface area contributed by atoms with E-state index in [1.165, 1.54) is 12.1 Å². The quantitative estimate of drug-likeness (QED) is 0.438. The van der Waals surface area contributed by atoms with Crippen LogP contribution in [0.5, 0.6) is 5.75 Å². The lowest BCUT2D eigenvalue weighted by atomic mass is 10.2. The number of benzene rings is 1. The Bertz CT molecular complexity index is 551. The number of aliphatic imine (C=N–C) groups is 1. The second-order valence-electron chi connectivity index (χ2n) is 6.28. The lowest BCUT2D eigenvalue weighted by Crippen LogP contribution is -2.45. The van der Waals surface area contributed by atoms with Gasteiger partial charge in [0.15, 0.2) is 5.96 Å². The number of anilines is 1. The third-order valence-electron chi connectivity index (χ3n) is 4.61. The predicted molar refractivity (Wildman–Crippen MR) is 106 cm³/mol. The molecule has 6 heteroatoms. The largest absolute Gasteiger partial charge is 0.495 e. The van der Waals surface area contributed by atoms with Crippen molar-refractivity contribution in [3.63, 3.8) is 0 Å². The van der Waals surface area contributed by atoms with Gasteiger partial charge in [0.2, 0.25) is 0 Å². The standard InChI is InChI=1S/C17H26N4O.HI/c1-12-10-14(12)20-17(18-2)19-13-8-9-21(11-13)15-6-4-5-7-16(15)22-3;/h4-7,12-14H,8-11H2,1-3H3,(H2,18,19,20);1H. The molecule has 2 fully saturated rings. The van der Waals surface area contributed by atoms with Gasteiger partial charge in [0.25, 0.3) is 0 Å². The molecule has 0 bridgehead atoms. The minimum absolute atomic E-state index is 0. The van der Waals surface area contributed by atoms with Crippen LogP contribution in [0.1, 0.15) is 19.8 Å². The van der Waals surface area contributed by atoms with Crippen molar-refractivity contribution in [3.05, 3.63) is 24.3 Å². The van der Waals surface area contributed by atoms with Gasteiger partial charge in [-0.3, -0.25) is 4.99 Å². The first-order valence-corrected chi connectivity index (χ1v) is 8.09. The molecule has 2 N–H and O–H groups in total. The second-order valence-corrected chi connectivity index (χ2v) is 6.28. The molecule has 1 aliphatic heterocycles. The summed E-state index contributed by atoms with van der Waals surface area (Å²) in [5, 5.41) is 7.04. The van der Waals surface area contributed by atoms with Crippen LogP contribution in [0.15, 0.2) is 29.3 Å². The zero-order valence-electron chi connectivity index (χ0n) is 14.1. The summed E-state index contributed by atoms with van der Waals surface area (Å²) >= 11 is 0. The fraction of sp³-hybridized carbons (Fsp3) is 0.588. The van der Waals surface area contributed by atoms with Gasteiger partial charge >= 0.3 is 0 Å². The molecule has 1 aliphatic carbocycles. The maximum Gasteiger partial charge on any atom is 0.191 e. The summed E-state index contributed by atoms with van der Waals surface area (Å²) in [4.78, 5) is 6.73. The predicted octanol–water partition coefficient (Wildman–Crippen LogP) is 2.47. The second kappa shape index (κ2) is 8.08. The minimum atomic E-state index is 0. The average Bonchev–Trinajstić information content (AvgIpc) is 3.04. The van der Waals surface area contributed by atoms with Crippen molar-refractivity contribution in [1.29, 1.82) is 0 Å². The van der Waals surface area contributed by atoms with Crippen LogP contribution in [0.25, 0.3) is 0 Å². The van der Waals surface area contributed by atoms with Crippen LogP contribution in [-0.4, -0.2) is 45.3 Å². The highest BCUT2D eigenvalue weighted by Crippen LogP contribution is 2.31.